The molecule has 1 heterocycles. The Balaban J connectivity index is 2.14. The van der Waals surface area contributed by atoms with Gasteiger partial charge in [-0.1, -0.05) is 25.1 Å². The molecule has 0 saturated heterocycles. The van der Waals surface area contributed by atoms with Crippen LogP contribution in [0, 0.1) is 19.8 Å². The first-order valence-corrected chi connectivity index (χ1v) is 8.16. The molecule has 3 nitrogen and oxygen atoms in total. The summed E-state index contributed by atoms with van der Waals surface area (Å²) in [7, 11) is 1.70. The van der Waals surface area contributed by atoms with Gasteiger partial charge in [0.05, 0.1) is 18.2 Å². The van der Waals surface area contributed by atoms with Gasteiger partial charge in [-0.15, -0.1) is 0 Å². The SMILES string of the molecule is COC1=C(c2c(C)cccc2C)C(=O)NC12CCC(C)CC2. The summed E-state index contributed by atoms with van der Waals surface area (Å²) in [4.78, 5) is 12.8. The van der Waals surface area contributed by atoms with E-state index in [0.717, 1.165) is 59.6 Å². The molecule has 22 heavy (non-hydrogen) atoms. The van der Waals surface area contributed by atoms with Crippen molar-refractivity contribution < 1.29 is 9.53 Å². The second-order valence-electron chi connectivity index (χ2n) is 6.89. The standard InChI is InChI=1S/C19H25NO2/c1-12-8-10-19(11-9-12)17(22-4)16(18(21)20-19)15-13(2)6-5-7-14(15)3/h5-7,12H,8-11H2,1-4H3,(H,20,21). The molecule has 1 aliphatic heterocycles. The van der Waals surface area contributed by atoms with Crippen LogP contribution in [0.15, 0.2) is 24.0 Å². The molecule has 3 heteroatoms. The summed E-state index contributed by atoms with van der Waals surface area (Å²) in [5.41, 5.74) is 3.74. The first-order valence-electron chi connectivity index (χ1n) is 8.16. The van der Waals surface area contributed by atoms with E-state index < -0.39 is 0 Å². The van der Waals surface area contributed by atoms with Gasteiger partial charge in [0.2, 0.25) is 0 Å². The lowest BCUT2D eigenvalue weighted by Gasteiger charge is -2.37. The zero-order chi connectivity index (χ0) is 15.9. The third-order valence-electron chi connectivity index (χ3n) is 5.30. The number of amides is 1. The smallest absolute Gasteiger partial charge is 0.256 e. The normalized spacial score (nSPS) is 28.2. The summed E-state index contributed by atoms with van der Waals surface area (Å²) in [5, 5.41) is 3.26. The number of ether oxygens (including phenoxy) is 1. The van der Waals surface area contributed by atoms with E-state index in [4.69, 9.17) is 4.74 Å². The molecule has 1 fully saturated rings. The molecule has 0 unspecified atom stereocenters. The first kappa shape index (κ1) is 15.1. The van der Waals surface area contributed by atoms with Crippen LogP contribution in [0.5, 0.6) is 0 Å². The molecular formula is C19H25NO2. The number of hydrogen-bond donors (Lipinski definition) is 1. The molecule has 2 aliphatic rings. The fourth-order valence-corrected chi connectivity index (χ4v) is 4.02. The summed E-state index contributed by atoms with van der Waals surface area (Å²) in [6.07, 6.45) is 4.20. The van der Waals surface area contributed by atoms with Crippen molar-refractivity contribution in [2.75, 3.05) is 7.11 Å². The topological polar surface area (TPSA) is 38.3 Å². The molecule has 1 saturated carbocycles. The predicted octanol–water partition coefficient (Wildman–Crippen LogP) is 3.74. The third-order valence-corrected chi connectivity index (χ3v) is 5.30. The number of benzene rings is 1. The molecule has 3 rings (SSSR count). The van der Waals surface area contributed by atoms with E-state index in [-0.39, 0.29) is 11.4 Å². The maximum Gasteiger partial charge on any atom is 0.256 e. The minimum Gasteiger partial charge on any atom is -0.498 e. The van der Waals surface area contributed by atoms with Crippen LogP contribution >= 0.6 is 0 Å². The summed E-state index contributed by atoms with van der Waals surface area (Å²) in [6, 6.07) is 6.15. The van der Waals surface area contributed by atoms with E-state index >= 15 is 0 Å². The number of carbonyl (C=O) groups excluding carboxylic acids is 1. The van der Waals surface area contributed by atoms with Gasteiger partial charge in [0.15, 0.2) is 0 Å². The van der Waals surface area contributed by atoms with Crippen molar-refractivity contribution in [3.05, 3.63) is 40.6 Å². The van der Waals surface area contributed by atoms with Gasteiger partial charge in [-0.05, 0) is 62.1 Å². The van der Waals surface area contributed by atoms with Crippen LogP contribution in [-0.2, 0) is 9.53 Å². The Morgan fingerprint density at radius 3 is 2.32 bits per heavy atom. The molecule has 0 bridgehead atoms. The zero-order valence-electron chi connectivity index (χ0n) is 14.0. The molecule has 0 radical (unpaired) electrons. The van der Waals surface area contributed by atoms with Crippen LogP contribution in [0.3, 0.4) is 0 Å². The molecule has 0 atom stereocenters. The van der Waals surface area contributed by atoms with Gasteiger partial charge in [-0.2, -0.15) is 0 Å². The van der Waals surface area contributed by atoms with E-state index in [1.807, 2.05) is 6.07 Å². The third kappa shape index (κ3) is 2.23. The average Bonchev–Trinajstić information content (AvgIpc) is 2.74. The summed E-state index contributed by atoms with van der Waals surface area (Å²) in [5.74, 6) is 1.59. The lowest BCUT2D eigenvalue weighted by molar-refractivity contribution is -0.116. The highest BCUT2D eigenvalue weighted by molar-refractivity contribution is 6.24. The minimum atomic E-state index is -0.289. The number of rotatable bonds is 2. The Morgan fingerprint density at radius 2 is 1.77 bits per heavy atom. The molecule has 1 amide bonds. The van der Waals surface area contributed by atoms with E-state index in [9.17, 15) is 4.79 Å². The van der Waals surface area contributed by atoms with Crippen molar-refractivity contribution >= 4 is 11.5 Å². The van der Waals surface area contributed by atoms with E-state index in [2.05, 4.69) is 38.2 Å². The van der Waals surface area contributed by atoms with Crippen molar-refractivity contribution in [3.8, 4) is 0 Å². The van der Waals surface area contributed by atoms with Crippen molar-refractivity contribution in [2.24, 2.45) is 5.92 Å². The van der Waals surface area contributed by atoms with Crippen molar-refractivity contribution in [2.45, 2.75) is 52.0 Å². The lowest BCUT2D eigenvalue weighted by atomic mass is 9.76. The number of carbonyl (C=O) groups is 1. The largest absolute Gasteiger partial charge is 0.498 e. The molecular weight excluding hydrogens is 274 g/mol. The Hall–Kier alpha value is -1.77. The molecule has 1 aliphatic carbocycles. The van der Waals surface area contributed by atoms with Crippen LogP contribution in [-0.4, -0.2) is 18.6 Å². The van der Waals surface area contributed by atoms with Gasteiger partial charge >= 0.3 is 0 Å². The number of methoxy groups -OCH3 is 1. The van der Waals surface area contributed by atoms with Gasteiger partial charge < -0.3 is 10.1 Å². The lowest BCUT2D eigenvalue weighted by Crippen LogP contribution is -2.47. The number of aryl methyl sites for hydroxylation is 2. The van der Waals surface area contributed by atoms with Crippen molar-refractivity contribution in [3.63, 3.8) is 0 Å². The molecule has 1 aromatic carbocycles. The van der Waals surface area contributed by atoms with Crippen LogP contribution in [0.2, 0.25) is 0 Å². The second-order valence-corrected chi connectivity index (χ2v) is 6.89. The van der Waals surface area contributed by atoms with Crippen LogP contribution < -0.4 is 5.32 Å². The molecule has 1 aromatic rings. The van der Waals surface area contributed by atoms with Crippen LogP contribution in [0.25, 0.3) is 5.57 Å². The van der Waals surface area contributed by atoms with Crippen molar-refractivity contribution in [1.82, 2.24) is 5.32 Å². The molecule has 1 spiro atoms. The predicted molar refractivity (Wildman–Crippen MR) is 88.4 cm³/mol. The Morgan fingerprint density at radius 1 is 1.18 bits per heavy atom. The van der Waals surface area contributed by atoms with E-state index in [0.29, 0.717) is 0 Å². The summed E-state index contributed by atoms with van der Waals surface area (Å²) in [6.45, 7) is 6.40. The Kier molecular flexibility index (Phi) is 3.75. The Bertz CT molecular complexity index is 617. The maximum atomic E-state index is 12.8. The summed E-state index contributed by atoms with van der Waals surface area (Å²) >= 11 is 0. The highest BCUT2D eigenvalue weighted by Gasteiger charge is 2.48. The van der Waals surface area contributed by atoms with Crippen molar-refractivity contribution in [1.29, 1.82) is 0 Å². The number of hydrogen-bond acceptors (Lipinski definition) is 2. The van der Waals surface area contributed by atoms with Gasteiger partial charge in [-0.25, -0.2) is 0 Å². The average molecular weight is 299 g/mol. The Labute approximate surface area is 132 Å². The summed E-state index contributed by atoms with van der Waals surface area (Å²) < 4.78 is 5.78. The molecule has 118 valence electrons. The van der Waals surface area contributed by atoms with Crippen LogP contribution in [0.4, 0.5) is 0 Å². The van der Waals surface area contributed by atoms with E-state index in [1.54, 1.807) is 7.11 Å². The van der Waals surface area contributed by atoms with E-state index in [1.165, 1.54) is 0 Å². The van der Waals surface area contributed by atoms with Gasteiger partial charge in [0.1, 0.15) is 5.76 Å². The molecule has 0 aromatic heterocycles. The molecule has 1 N–H and O–H groups in total. The zero-order valence-corrected chi connectivity index (χ0v) is 14.0. The highest BCUT2D eigenvalue weighted by atomic mass is 16.5. The number of nitrogens with one attached hydrogen (secondary N) is 1. The minimum absolute atomic E-state index is 0.0174. The van der Waals surface area contributed by atoms with Gasteiger partial charge in [0.25, 0.3) is 5.91 Å². The van der Waals surface area contributed by atoms with Gasteiger partial charge in [0, 0.05) is 0 Å². The fraction of sp³-hybridized carbons (Fsp3) is 0.526. The first-order chi connectivity index (χ1) is 10.5. The quantitative estimate of drug-likeness (QED) is 0.903. The fourth-order valence-electron chi connectivity index (χ4n) is 4.02. The maximum absolute atomic E-state index is 12.8. The van der Waals surface area contributed by atoms with Gasteiger partial charge in [-0.3, -0.25) is 4.79 Å². The van der Waals surface area contributed by atoms with Crippen LogP contribution in [0.1, 0.15) is 49.3 Å². The highest BCUT2D eigenvalue weighted by Crippen LogP contribution is 2.45. The monoisotopic (exact) mass is 299 g/mol. The second kappa shape index (κ2) is 5.45.